The molecule has 0 N–H and O–H groups in total. The van der Waals surface area contributed by atoms with Crippen molar-refractivity contribution in [2.24, 2.45) is 0 Å². The number of carbonyl (C=O) groups excluding carboxylic acids is 1. The molecule has 2 aromatic heterocycles. The van der Waals surface area contributed by atoms with Gasteiger partial charge in [-0.15, -0.1) is 0 Å². The molecule has 2 unspecified atom stereocenters. The van der Waals surface area contributed by atoms with E-state index in [1.807, 2.05) is 6.92 Å². The molecular weight excluding hydrogens is 592 g/mol. The third-order valence-electron chi connectivity index (χ3n) is 8.39. The molecule has 0 radical (unpaired) electrons. The normalized spacial score (nSPS) is 19.9. The lowest BCUT2D eigenvalue weighted by atomic mass is 9.94. The van der Waals surface area contributed by atoms with Crippen molar-refractivity contribution in [3.05, 3.63) is 58.2 Å². The van der Waals surface area contributed by atoms with Gasteiger partial charge in [-0.25, -0.2) is 14.8 Å². The average molecular weight is 626 g/mol. The zero-order valence-corrected chi connectivity index (χ0v) is 24.7. The summed E-state index contributed by atoms with van der Waals surface area (Å²) in [4.78, 5) is 26.2. The molecule has 1 aliphatic carbocycles. The number of carbonyl (C=O) groups is 1. The molecule has 0 bridgehead atoms. The first kappa shape index (κ1) is 31.6. The SMILES string of the molecule is CCN(c1ncc(-c2c(C)noc2C)nc1CN1C(=O)OC(c2cc(C(F)(F)F)cc(C(F)(F)F)c2)C1C)C1CCCCC1. The molecule has 0 spiro atoms. The molecule has 8 nitrogen and oxygen atoms in total. The third kappa shape index (κ3) is 6.20. The number of halogens is 6. The molecule has 1 amide bonds. The van der Waals surface area contributed by atoms with Gasteiger partial charge in [0, 0.05) is 12.6 Å². The minimum Gasteiger partial charge on any atom is -0.439 e. The van der Waals surface area contributed by atoms with Gasteiger partial charge < -0.3 is 14.2 Å². The van der Waals surface area contributed by atoms with Gasteiger partial charge in [0.1, 0.15) is 17.6 Å². The minimum atomic E-state index is -5.03. The van der Waals surface area contributed by atoms with E-state index in [9.17, 15) is 31.1 Å². The number of cyclic esters (lactones) is 1. The second-order valence-corrected chi connectivity index (χ2v) is 11.3. The van der Waals surface area contributed by atoms with Crippen molar-refractivity contribution in [1.82, 2.24) is 20.0 Å². The predicted octanol–water partition coefficient (Wildman–Crippen LogP) is 8.03. The fraction of sp³-hybridized carbons (Fsp3) is 0.533. The molecule has 2 aliphatic rings. The summed E-state index contributed by atoms with van der Waals surface area (Å²) in [5.74, 6) is 1.07. The summed E-state index contributed by atoms with van der Waals surface area (Å²) in [6.45, 7) is 7.49. The molecule has 1 aliphatic heterocycles. The average Bonchev–Trinajstić information content (AvgIpc) is 3.45. The highest BCUT2D eigenvalue weighted by molar-refractivity contribution is 5.72. The van der Waals surface area contributed by atoms with Gasteiger partial charge in [-0.1, -0.05) is 24.4 Å². The van der Waals surface area contributed by atoms with Crippen molar-refractivity contribution in [3.8, 4) is 11.3 Å². The van der Waals surface area contributed by atoms with Gasteiger partial charge in [0.25, 0.3) is 0 Å². The number of anilines is 1. The van der Waals surface area contributed by atoms with Crippen LogP contribution in [0.4, 0.5) is 37.0 Å². The van der Waals surface area contributed by atoms with E-state index < -0.39 is 47.3 Å². The van der Waals surface area contributed by atoms with E-state index in [2.05, 4.69) is 10.1 Å². The van der Waals surface area contributed by atoms with E-state index in [1.165, 1.54) is 11.8 Å². The number of aryl methyl sites for hydroxylation is 2. The topological polar surface area (TPSA) is 84.6 Å². The van der Waals surface area contributed by atoms with Crippen LogP contribution in [0.1, 0.15) is 85.9 Å². The van der Waals surface area contributed by atoms with E-state index in [0.717, 1.165) is 32.1 Å². The Balaban J connectivity index is 1.53. The number of benzene rings is 1. The lowest BCUT2D eigenvalue weighted by Gasteiger charge is -2.35. The zero-order valence-electron chi connectivity index (χ0n) is 24.7. The molecule has 44 heavy (non-hydrogen) atoms. The second kappa shape index (κ2) is 11.9. The lowest BCUT2D eigenvalue weighted by Crippen LogP contribution is -2.39. The van der Waals surface area contributed by atoms with Gasteiger partial charge in [-0.05, 0) is 64.3 Å². The van der Waals surface area contributed by atoms with Crippen molar-refractivity contribution in [3.63, 3.8) is 0 Å². The summed E-state index contributed by atoms with van der Waals surface area (Å²) in [5, 5.41) is 3.99. The van der Waals surface area contributed by atoms with Gasteiger partial charge >= 0.3 is 18.4 Å². The maximum absolute atomic E-state index is 13.6. The molecule has 1 saturated heterocycles. The Labute approximate surface area is 250 Å². The molecule has 5 rings (SSSR count). The monoisotopic (exact) mass is 625 g/mol. The van der Waals surface area contributed by atoms with Crippen LogP contribution in [0.3, 0.4) is 0 Å². The van der Waals surface area contributed by atoms with Crippen LogP contribution in [-0.4, -0.2) is 44.7 Å². The summed E-state index contributed by atoms with van der Waals surface area (Å²) >= 11 is 0. The van der Waals surface area contributed by atoms with Crippen LogP contribution >= 0.6 is 0 Å². The number of hydrogen-bond donors (Lipinski definition) is 0. The van der Waals surface area contributed by atoms with Crippen LogP contribution in [0.25, 0.3) is 11.3 Å². The van der Waals surface area contributed by atoms with Gasteiger partial charge in [0.2, 0.25) is 0 Å². The van der Waals surface area contributed by atoms with Crippen LogP contribution in [0, 0.1) is 13.8 Å². The fourth-order valence-corrected chi connectivity index (χ4v) is 6.17. The summed E-state index contributed by atoms with van der Waals surface area (Å²) in [6.07, 6.45) is -5.53. The smallest absolute Gasteiger partial charge is 0.416 e. The first-order chi connectivity index (χ1) is 20.7. The van der Waals surface area contributed by atoms with Crippen LogP contribution in [0.5, 0.6) is 0 Å². The standard InChI is InChI=1S/C30H33F6N5O3/c1-5-40(22-9-7-6-8-10-22)27-24(38-23(14-37-27)25-16(2)39-44-18(25)4)15-41-17(3)26(43-28(41)42)19-11-20(29(31,32)33)13-21(12-19)30(34,35)36/h11-14,17,22,26H,5-10,15H2,1-4H3. The molecule has 1 saturated carbocycles. The largest absolute Gasteiger partial charge is 0.439 e. The lowest BCUT2D eigenvalue weighted by molar-refractivity contribution is -0.143. The van der Waals surface area contributed by atoms with E-state index in [4.69, 9.17) is 19.2 Å². The fourth-order valence-electron chi connectivity index (χ4n) is 6.17. The number of ether oxygens (including phenoxy) is 1. The Morgan fingerprint density at radius 1 is 1.00 bits per heavy atom. The van der Waals surface area contributed by atoms with Crippen LogP contribution in [0.15, 0.2) is 28.9 Å². The summed E-state index contributed by atoms with van der Waals surface area (Å²) in [5.41, 5.74) is -1.24. The predicted molar refractivity (Wildman–Crippen MR) is 148 cm³/mol. The van der Waals surface area contributed by atoms with E-state index in [-0.39, 0.29) is 18.7 Å². The van der Waals surface area contributed by atoms with Crippen molar-refractivity contribution in [1.29, 1.82) is 0 Å². The van der Waals surface area contributed by atoms with Crippen molar-refractivity contribution in [2.75, 3.05) is 11.4 Å². The maximum atomic E-state index is 13.6. The summed E-state index contributed by atoms with van der Waals surface area (Å²) < 4.78 is 92.1. The van der Waals surface area contributed by atoms with Crippen LogP contribution < -0.4 is 4.90 Å². The Morgan fingerprint density at radius 3 is 2.18 bits per heavy atom. The van der Waals surface area contributed by atoms with E-state index >= 15 is 0 Å². The van der Waals surface area contributed by atoms with Crippen molar-refractivity contribution in [2.45, 2.75) is 96.9 Å². The molecule has 3 aromatic rings. The Kier molecular flexibility index (Phi) is 8.56. The number of aromatic nitrogens is 3. The summed E-state index contributed by atoms with van der Waals surface area (Å²) in [6, 6.07) is 0.522. The quantitative estimate of drug-likeness (QED) is 0.246. The minimum absolute atomic E-state index is 0.0510. The number of nitrogens with zero attached hydrogens (tertiary/aromatic N) is 5. The highest BCUT2D eigenvalue weighted by atomic mass is 19.4. The summed E-state index contributed by atoms with van der Waals surface area (Å²) in [7, 11) is 0. The number of hydrogen-bond acceptors (Lipinski definition) is 7. The Hall–Kier alpha value is -3.84. The highest BCUT2D eigenvalue weighted by Crippen LogP contribution is 2.41. The number of alkyl halides is 6. The van der Waals surface area contributed by atoms with E-state index in [1.54, 1.807) is 20.0 Å². The Morgan fingerprint density at radius 2 is 1.64 bits per heavy atom. The molecule has 14 heteroatoms. The Bertz CT molecular complexity index is 1460. The van der Waals surface area contributed by atoms with E-state index in [0.29, 0.717) is 52.9 Å². The number of rotatable bonds is 7. The van der Waals surface area contributed by atoms with Crippen molar-refractivity contribution < 1.29 is 40.4 Å². The molecule has 2 fully saturated rings. The van der Waals surface area contributed by atoms with Crippen LogP contribution in [0.2, 0.25) is 0 Å². The second-order valence-electron chi connectivity index (χ2n) is 11.3. The molecule has 2 atom stereocenters. The van der Waals surface area contributed by atoms with Gasteiger partial charge in [-0.2, -0.15) is 26.3 Å². The number of amides is 1. The van der Waals surface area contributed by atoms with Gasteiger partial charge in [0.05, 0.1) is 46.9 Å². The molecule has 238 valence electrons. The molecule has 1 aromatic carbocycles. The first-order valence-electron chi connectivity index (χ1n) is 14.5. The first-order valence-corrected chi connectivity index (χ1v) is 14.5. The highest BCUT2D eigenvalue weighted by Gasteiger charge is 2.44. The molecular formula is C30H33F6N5O3. The van der Waals surface area contributed by atoms with Crippen LogP contribution in [-0.2, 0) is 23.6 Å². The third-order valence-corrected chi connectivity index (χ3v) is 8.39. The zero-order chi connectivity index (χ0) is 32.0. The van der Waals surface area contributed by atoms with Gasteiger partial charge in [0.15, 0.2) is 5.82 Å². The van der Waals surface area contributed by atoms with Crippen molar-refractivity contribution >= 4 is 11.9 Å². The van der Waals surface area contributed by atoms with Gasteiger partial charge in [-0.3, -0.25) is 4.90 Å². The maximum Gasteiger partial charge on any atom is 0.416 e. The molecule has 3 heterocycles.